The van der Waals surface area contributed by atoms with Gasteiger partial charge in [-0.15, -0.1) is 0 Å². The molecule has 2 rings (SSSR count). The van der Waals surface area contributed by atoms with Gasteiger partial charge in [0.2, 0.25) is 0 Å². The molecule has 2 heteroatoms. The van der Waals surface area contributed by atoms with Crippen molar-refractivity contribution in [1.29, 1.82) is 0 Å². The second kappa shape index (κ2) is 6.26. The maximum Gasteiger partial charge on any atom is 0.0572 e. The molecule has 2 nitrogen and oxygen atoms in total. The van der Waals surface area contributed by atoms with Crippen molar-refractivity contribution in [3.8, 4) is 0 Å². The van der Waals surface area contributed by atoms with E-state index in [1.807, 2.05) is 12.3 Å². The normalized spacial score (nSPS) is 25.7. The summed E-state index contributed by atoms with van der Waals surface area (Å²) in [6, 6.07) is 7.34. The molecule has 1 heterocycles. The first-order valence-electron chi connectivity index (χ1n) is 8.02. The van der Waals surface area contributed by atoms with Crippen LogP contribution < -0.4 is 0 Å². The number of hydrogen-bond acceptors (Lipinski definition) is 2. The number of rotatable bonds is 3. The Bertz CT molecular complexity index is 399. The van der Waals surface area contributed by atoms with Gasteiger partial charge in [-0.2, -0.15) is 0 Å². The van der Waals surface area contributed by atoms with Crippen LogP contribution in [0.2, 0.25) is 0 Å². The Hall–Kier alpha value is -0.890. The van der Waals surface area contributed by atoms with Gasteiger partial charge < -0.3 is 0 Å². The van der Waals surface area contributed by atoms with Gasteiger partial charge in [0.15, 0.2) is 0 Å². The molecular weight excluding hydrogens is 244 g/mol. The molecule has 0 saturated heterocycles. The lowest BCUT2D eigenvalue weighted by molar-refractivity contribution is 0.0892. The Kier molecular flexibility index (Phi) is 4.85. The zero-order valence-corrected chi connectivity index (χ0v) is 13.8. The van der Waals surface area contributed by atoms with Crippen molar-refractivity contribution in [2.75, 3.05) is 7.05 Å². The molecular formula is C18H30N2. The highest BCUT2D eigenvalue weighted by atomic mass is 15.2. The number of nitrogens with zero attached hydrogens (tertiary/aromatic N) is 2. The van der Waals surface area contributed by atoms with Crippen LogP contribution in [0.4, 0.5) is 0 Å². The summed E-state index contributed by atoms with van der Waals surface area (Å²) in [6.07, 6.45) is 7.29. The standard InChI is InChI=1S/C18H30N2/c1-14(17-8-6-7-13-19-17)20(5)16-11-9-15(10-12-16)18(2,3)4/h6-8,13-16H,9-12H2,1-5H3/t14?,15-,16-. The quantitative estimate of drug-likeness (QED) is 0.795. The van der Waals surface area contributed by atoms with Gasteiger partial charge in [-0.25, -0.2) is 0 Å². The molecule has 1 unspecified atom stereocenters. The molecule has 1 aliphatic rings. The van der Waals surface area contributed by atoms with Crippen LogP contribution in [0.1, 0.15) is 65.1 Å². The lowest BCUT2D eigenvalue weighted by atomic mass is 9.71. The van der Waals surface area contributed by atoms with Crippen LogP contribution in [-0.4, -0.2) is 23.0 Å². The SMILES string of the molecule is CC(c1ccccn1)N(C)[C@H]1CC[C@H](C(C)(C)C)CC1. The van der Waals surface area contributed by atoms with Crippen molar-refractivity contribution in [2.45, 2.75) is 65.5 Å². The van der Waals surface area contributed by atoms with Gasteiger partial charge in [0, 0.05) is 18.3 Å². The van der Waals surface area contributed by atoms with Gasteiger partial charge >= 0.3 is 0 Å². The molecule has 112 valence electrons. The molecule has 1 fully saturated rings. The van der Waals surface area contributed by atoms with Crippen molar-refractivity contribution in [2.24, 2.45) is 11.3 Å². The van der Waals surface area contributed by atoms with E-state index in [4.69, 9.17) is 0 Å². The van der Waals surface area contributed by atoms with Crippen LogP contribution in [0.3, 0.4) is 0 Å². The van der Waals surface area contributed by atoms with E-state index in [0.29, 0.717) is 17.5 Å². The average Bonchev–Trinajstić information content (AvgIpc) is 2.46. The van der Waals surface area contributed by atoms with E-state index in [-0.39, 0.29) is 0 Å². The molecule has 1 saturated carbocycles. The highest BCUT2D eigenvalue weighted by molar-refractivity contribution is 5.08. The van der Waals surface area contributed by atoms with Crippen LogP contribution in [0.15, 0.2) is 24.4 Å². The molecule has 1 aliphatic carbocycles. The fourth-order valence-corrected chi connectivity index (χ4v) is 3.50. The van der Waals surface area contributed by atoms with Gasteiger partial charge in [0.1, 0.15) is 0 Å². The molecule has 0 aromatic carbocycles. The van der Waals surface area contributed by atoms with E-state index in [2.05, 4.69) is 56.8 Å². The van der Waals surface area contributed by atoms with E-state index in [9.17, 15) is 0 Å². The van der Waals surface area contributed by atoms with Gasteiger partial charge in [0.25, 0.3) is 0 Å². The van der Waals surface area contributed by atoms with Gasteiger partial charge in [-0.05, 0) is 63.1 Å². The fraction of sp³-hybridized carbons (Fsp3) is 0.722. The first-order chi connectivity index (χ1) is 9.39. The second-order valence-electron chi connectivity index (χ2n) is 7.47. The zero-order valence-electron chi connectivity index (χ0n) is 13.8. The number of pyridine rings is 1. The molecule has 0 spiro atoms. The van der Waals surface area contributed by atoms with Crippen LogP contribution in [-0.2, 0) is 0 Å². The van der Waals surface area contributed by atoms with Crippen molar-refractivity contribution >= 4 is 0 Å². The van der Waals surface area contributed by atoms with E-state index in [1.54, 1.807) is 0 Å². The smallest absolute Gasteiger partial charge is 0.0572 e. The number of hydrogen-bond donors (Lipinski definition) is 0. The Morgan fingerprint density at radius 2 is 1.80 bits per heavy atom. The molecule has 1 atom stereocenters. The minimum absolute atomic E-state index is 0.410. The van der Waals surface area contributed by atoms with Crippen molar-refractivity contribution < 1.29 is 0 Å². The molecule has 0 radical (unpaired) electrons. The summed E-state index contributed by atoms with van der Waals surface area (Å²) in [6.45, 7) is 9.44. The minimum atomic E-state index is 0.410. The van der Waals surface area contributed by atoms with Gasteiger partial charge in [-0.1, -0.05) is 26.8 Å². The van der Waals surface area contributed by atoms with Crippen LogP contribution in [0.5, 0.6) is 0 Å². The molecule has 1 aromatic heterocycles. The van der Waals surface area contributed by atoms with E-state index in [0.717, 1.165) is 5.92 Å². The minimum Gasteiger partial charge on any atom is -0.295 e. The molecule has 0 bridgehead atoms. The molecule has 0 amide bonds. The van der Waals surface area contributed by atoms with Crippen LogP contribution in [0, 0.1) is 11.3 Å². The summed E-state index contributed by atoms with van der Waals surface area (Å²) in [4.78, 5) is 7.04. The Morgan fingerprint density at radius 1 is 1.15 bits per heavy atom. The number of aromatic nitrogens is 1. The predicted molar refractivity (Wildman–Crippen MR) is 85.6 cm³/mol. The highest BCUT2D eigenvalue weighted by Crippen LogP contribution is 2.39. The summed E-state index contributed by atoms with van der Waals surface area (Å²) in [5, 5.41) is 0. The summed E-state index contributed by atoms with van der Waals surface area (Å²) >= 11 is 0. The van der Waals surface area contributed by atoms with Crippen molar-refractivity contribution in [1.82, 2.24) is 9.88 Å². The van der Waals surface area contributed by atoms with E-state index >= 15 is 0 Å². The summed E-state index contributed by atoms with van der Waals surface area (Å²) < 4.78 is 0. The Balaban J connectivity index is 1.93. The Morgan fingerprint density at radius 3 is 2.30 bits per heavy atom. The maximum absolute atomic E-state index is 4.51. The summed E-state index contributed by atoms with van der Waals surface area (Å²) in [5.74, 6) is 0.886. The Labute approximate surface area is 124 Å². The maximum atomic E-state index is 4.51. The van der Waals surface area contributed by atoms with E-state index in [1.165, 1.54) is 31.4 Å². The predicted octanol–water partition coefficient (Wildman–Crippen LogP) is 4.68. The third-order valence-corrected chi connectivity index (χ3v) is 5.22. The largest absolute Gasteiger partial charge is 0.295 e. The molecule has 20 heavy (non-hydrogen) atoms. The average molecular weight is 274 g/mol. The van der Waals surface area contributed by atoms with Crippen LogP contribution >= 0.6 is 0 Å². The highest BCUT2D eigenvalue weighted by Gasteiger charge is 2.32. The molecule has 0 aliphatic heterocycles. The molecule has 1 aromatic rings. The third-order valence-electron chi connectivity index (χ3n) is 5.22. The van der Waals surface area contributed by atoms with Gasteiger partial charge in [0.05, 0.1) is 5.69 Å². The second-order valence-corrected chi connectivity index (χ2v) is 7.47. The van der Waals surface area contributed by atoms with Crippen molar-refractivity contribution in [3.63, 3.8) is 0 Å². The zero-order chi connectivity index (χ0) is 14.8. The summed E-state index contributed by atoms with van der Waals surface area (Å²) in [7, 11) is 2.27. The topological polar surface area (TPSA) is 16.1 Å². The molecule has 0 N–H and O–H groups in total. The first-order valence-corrected chi connectivity index (χ1v) is 8.02. The van der Waals surface area contributed by atoms with Crippen LogP contribution in [0.25, 0.3) is 0 Å². The lowest BCUT2D eigenvalue weighted by Gasteiger charge is -2.41. The summed E-state index contributed by atoms with van der Waals surface area (Å²) in [5.41, 5.74) is 1.66. The van der Waals surface area contributed by atoms with Crippen molar-refractivity contribution in [3.05, 3.63) is 30.1 Å². The third kappa shape index (κ3) is 3.60. The lowest BCUT2D eigenvalue weighted by Crippen LogP contribution is -2.39. The van der Waals surface area contributed by atoms with Gasteiger partial charge in [-0.3, -0.25) is 9.88 Å². The first kappa shape index (κ1) is 15.5. The monoisotopic (exact) mass is 274 g/mol. The van der Waals surface area contributed by atoms with E-state index < -0.39 is 0 Å². The fourth-order valence-electron chi connectivity index (χ4n) is 3.50.